The predicted molar refractivity (Wildman–Crippen MR) is 66.6 cm³/mol. The van der Waals surface area contributed by atoms with Gasteiger partial charge >= 0.3 is 0 Å². The van der Waals surface area contributed by atoms with Crippen LogP contribution in [0.25, 0.3) is 0 Å². The molecule has 3 heterocycles. The van der Waals surface area contributed by atoms with Crippen molar-refractivity contribution in [2.75, 3.05) is 0 Å². The van der Waals surface area contributed by atoms with Crippen molar-refractivity contribution < 1.29 is 5.11 Å². The number of hydrogen-bond acceptors (Lipinski definition) is 4. The van der Waals surface area contributed by atoms with Gasteiger partial charge in [0.15, 0.2) is 0 Å². The summed E-state index contributed by atoms with van der Waals surface area (Å²) in [4.78, 5) is 4.07. The minimum absolute atomic E-state index is 0.397. The summed E-state index contributed by atoms with van der Waals surface area (Å²) in [7, 11) is 0. The number of nitrogens with zero attached hydrogens (tertiary/aromatic N) is 2. The van der Waals surface area contributed by atoms with Crippen molar-refractivity contribution in [1.82, 2.24) is 10.3 Å². The Balaban J connectivity index is 1.92. The standard InChI is InChI=1S/C14H17N3O/c15-7-10-4-11(9-16-8-10)14(18)5-12-2-1-3-13(6-14)17-12/h4,8-9,12-13,17-18H,1-3,5-6H2. The first-order valence-electron chi connectivity index (χ1n) is 6.54. The predicted octanol–water partition coefficient (Wildman–Crippen LogP) is 1.45. The molecule has 0 amide bonds. The number of piperidine rings is 2. The molecule has 2 aliphatic heterocycles. The van der Waals surface area contributed by atoms with Crippen LogP contribution >= 0.6 is 0 Å². The van der Waals surface area contributed by atoms with Crippen LogP contribution < -0.4 is 5.32 Å². The van der Waals surface area contributed by atoms with E-state index in [1.54, 1.807) is 12.3 Å². The van der Waals surface area contributed by atoms with Gasteiger partial charge in [0, 0.05) is 30.0 Å². The maximum absolute atomic E-state index is 10.9. The Morgan fingerprint density at radius 3 is 2.72 bits per heavy atom. The molecule has 94 valence electrons. The van der Waals surface area contributed by atoms with Crippen molar-refractivity contribution in [3.8, 4) is 6.07 Å². The van der Waals surface area contributed by atoms with Crippen LogP contribution in [0.15, 0.2) is 18.5 Å². The van der Waals surface area contributed by atoms with Gasteiger partial charge < -0.3 is 10.4 Å². The van der Waals surface area contributed by atoms with Crippen LogP contribution in [-0.2, 0) is 5.60 Å². The van der Waals surface area contributed by atoms with Crippen LogP contribution in [0.5, 0.6) is 0 Å². The highest BCUT2D eigenvalue weighted by atomic mass is 16.3. The molecule has 4 nitrogen and oxygen atoms in total. The molecular weight excluding hydrogens is 226 g/mol. The lowest BCUT2D eigenvalue weighted by Crippen LogP contribution is -2.54. The molecule has 0 saturated carbocycles. The SMILES string of the molecule is N#Cc1cncc(C2(O)CC3CCCC(C2)N3)c1. The molecular formula is C14H17N3O. The molecule has 0 aromatic carbocycles. The second kappa shape index (κ2) is 4.34. The van der Waals surface area contributed by atoms with E-state index in [-0.39, 0.29) is 0 Å². The number of aliphatic hydroxyl groups is 1. The highest BCUT2D eigenvalue weighted by Gasteiger charge is 2.41. The molecule has 4 heteroatoms. The molecule has 2 fully saturated rings. The van der Waals surface area contributed by atoms with Gasteiger partial charge in [-0.15, -0.1) is 0 Å². The Morgan fingerprint density at radius 1 is 1.33 bits per heavy atom. The smallest absolute Gasteiger partial charge is 0.101 e. The average molecular weight is 243 g/mol. The number of rotatable bonds is 1. The van der Waals surface area contributed by atoms with E-state index in [1.165, 1.54) is 12.6 Å². The normalized spacial score (nSPS) is 34.9. The van der Waals surface area contributed by atoms with E-state index in [0.717, 1.165) is 31.2 Å². The zero-order valence-corrected chi connectivity index (χ0v) is 10.3. The maximum Gasteiger partial charge on any atom is 0.101 e. The van der Waals surface area contributed by atoms with E-state index in [9.17, 15) is 5.11 Å². The fourth-order valence-electron chi connectivity index (χ4n) is 3.32. The lowest BCUT2D eigenvalue weighted by atomic mass is 9.74. The second-order valence-corrected chi connectivity index (χ2v) is 5.51. The first-order valence-corrected chi connectivity index (χ1v) is 6.54. The summed E-state index contributed by atoms with van der Waals surface area (Å²) in [5.74, 6) is 0. The van der Waals surface area contributed by atoms with E-state index >= 15 is 0 Å². The lowest BCUT2D eigenvalue weighted by molar-refractivity contribution is -0.0361. The minimum Gasteiger partial charge on any atom is -0.385 e. The van der Waals surface area contributed by atoms with Gasteiger partial charge in [0.05, 0.1) is 11.2 Å². The van der Waals surface area contributed by atoms with Gasteiger partial charge in [-0.25, -0.2) is 0 Å². The molecule has 2 unspecified atom stereocenters. The zero-order valence-electron chi connectivity index (χ0n) is 10.3. The van der Waals surface area contributed by atoms with Crippen LogP contribution in [-0.4, -0.2) is 22.2 Å². The zero-order chi connectivity index (χ0) is 12.6. The first-order chi connectivity index (χ1) is 8.69. The molecule has 2 N–H and O–H groups in total. The Morgan fingerprint density at radius 2 is 2.06 bits per heavy atom. The summed E-state index contributed by atoms with van der Waals surface area (Å²) in [6.07, 6.45) is 8.18. The molecule has 0 radical (unpaired) electrons. The second-order valence-electron chi connectivity index (χ2n) is 5.51. The van der Waals surface area contributed by atoms with Gasteiger partial charge in [-0.3, -0.25) is 4.98 Å². The number of fused-ring (bicyclic) bond motifs is 2. The van der Waals surface area contributed by atoms with Crippen molar-refractivity contribution in [3.63, 3.8) is 0 Å². The highest BCUT2D eigenvalue weighted by molar-refractivity contribution is 5.32. The third-order valence-corrected chi connectivity index (χ3v) is 4.15. The molecule has 1 aromatic heterocycles. The first kappa shape index (κ1) is 11.6. The maximum atomic E-state index is 10.9. The Kier molecular flexibility index (Phi) is 2.81. The molecule has 2 aliphatic rings. The van der Waals surface area contributed by atoms with Crippen molar-refractivity contribution in [2.45, 2.75) is 49.8 Å². The average Bonchev–Trinajstić information content (AvgIpc) is 2.38. The van der Waals surface area contributed by atoms with E-state index in [0.29, 0.717) is 17.6 Å². The van der Waals surface area contributed by atoms with Gasteiger partial charge in [0.2, 0.25) is 0 Å². The number of nitrogens with one attached hydrogen (secondary N) is 1. The van der Waals surface area contributed by atoms with Gasteiger partial charge in [-0.1, -0.05) is 6.42 Å². The van der Waals surface area contributed by atoms with Crippen LogP contribution in [0.3, 0.4) is 0 Å². The molecule has 1 aromatic rings. The van der Waals surface area contributed by atoms with E-state index < -0.39 is 5.60 Å². The number of nitriles is 1. The number of hydrogen-bond donors (Lipinski definition) is 2. The molecule has 18 heavy (non-hydrogen) atoms. The Hall–Kier alpha value is -1.44. The molecule has 0 spiro atoms. The summed E-state index contributed by atoms with van der Waals surface area (Å²) < 4.78 is 0. The van der Waals surface area contributed by atoms with Crippen molar-refractivity contribution >= 4 is 0 Å². The fraction of sp³-hybridized carbons (Fsp3) is 0.571. The van der Waals surface area contributed by atoms with Gasteiger partial charge in [-0.2, -0.15) is 5.26 Å². The number of aromatic nitrogens is 1. The van der Waals surface area contributed by atoms with Gasteiger partial charge in [-0.05, 0) is 31.7 Å². The lowest BCUT2D eigenvalue weighted by Gasteiger charge is -2.45. The molecule has 2 bridgehead atoms. The quantitative estimate of drug-likeness (QED) is 0.783. The Labute approximate surface area is 107 Å². The van der Waals surface area contributed by atoms with E-state index in [2.05, 4.69) is 16.4 Å². The molecule has 2 saturated heterocycles. The third-order valence-electron chi connectivity index (χ3n) is 4.15. The van der Waals surface area contributed by atoms with Crippen LogP contribution in [0, 0.1) is 11.3 Å². The summed E-state index contributed by atoms with van der Waals surface area (Å²) in [6.45, 7) is 0. The topological polar surface area (TPSA) is 68.9 Å². The minimum atomic E-state index is -0.819. The molecule has 0 aliphatic carbocycles. The number of pyridine rings is 1. The van der Waals surface area contributed by atoms with Gasteiger partial charge in [0.25, 0.3) is 0 Å². The van der Waals surface area contributed by atoms with Crippen LogP contribution in [0.1, 0.15) is 43.2 Å². The van der Waals surface area contributed by atoms with Crippen LogP contribution in [0.2, 0.25) is 0 Å². The van der Waals surface area contributed by atoms with Gasteiger partial charge in [0.1, 0.15) is 6.07 Å². The van der Waals surface area contributed by atoms with Crippen molar-refractivity contribution in [1.29, 1.82) is 5.26 Å². The summed E-state index contributed by atoms with van der Waals surface area (Å²) in [6, 6.07) is 4.65. The fourth-order valence-corrected chi connectivity index (χ4v) is 3.32. The largest absolute Gasteiger partial charge is 0.385 e. The van der Waals surface area contributed by atoms with Crippen molar-refractivity contribution in [3.05, 3.63) is 29.6 Å². The summed E-state index contributed by atoms with van der Waals surface area (Å²) in [5, 5.41) is 23.4. The highest BCUT2D eigenvalue weighted by Crippen LogP contribution is 2.39. The Bertz CT molecular complexity index is 482. The van der Waals surface area contributed by atoms with E-state index in [1.807, 2.05) is 0 Å². The van der Waals surface area contributed by atoms with Crippen molar-refractivity contribution in [2.24, 2.45) is 0 Å². The summed E-state index contributed by atoms with van der Waals surface area (Å²) in [5.41, 5.74) is 0.491. The summed E-state index contributed by atoms with van der Waals surface area (Å²) >= 11 is 0. The molecule has 2 atom stereocenters. The third kappa shape index (κ3) is 2.00. The molecule has 3 rings (SSSR count). The van der Waals surface area contributed by atoms with Crippen LogP contribution in [0.4, 0.5) is 0 Å². The monoisotopic (exact) mass is 243 g/mol. The van der Waals surface area contributed by atoms with E-state index in [4.69, 9.17) is 5.26 Å².